The highest BCUT2D eigenvalue weighted by Crippen LogP contribution is 2.17. The molecule has 2 N–H and O–H groups in total. The second-order valence-corrected chi connectivity index (χ2v) is 4.82. The van der Waals surface area contributed by atoms with Crippen molar-refractivity contribution in [3.8, 4) is 5.75 Å². The van der Waals surface area contributed by atoms with Crippen LogP contribution in [-0.2, 0) is 9.59 Å². The molecule has 0 fully saturated rings. The normalized spacial score (nSPS) is 10.9. The molecule has 0 aromatic heterocycles. The van der Waals surface area contributed by atoms with Crippen molar-refractivity contribution in [3.05, 3.63) is 29.3 Å². The Labute approximate surface area is 122 Å². The number of ether oxygens (including phenoxy) is 1. The van der Waals surface area contributed by atoms with E-state index in [0.717, 1.165) is 0 Å². The Morgan fingerprint density at radius 3 is 2.25 bits per heavy atom. The van der Waals surface area contributed by atoms with Crippen LogP contribution in [0.25, 0.3) is 0 Å². The smallest absolute Gasteiger partial charge is 0.329 e. The minimum atomic E-state index is -1.24. The maximum absolute atomic E-state index is 11.8. The molecule has 0 heterocycles. The lowest BCUT2D eigenvalue weighted by Crippen LogP contribution is -2.54. The third kappa shape index (κ3) is 4.13. The van der Waals surface area contributed by atoms with Crippen LogP contribution in [0.4, 0.5) is 0 Å². The van der Waals surface area contributed by atoms with Crippen LogP contribution in [-0.4, -0.2) is 29.1 Å². The Morgan fingerprint density at radius 1 is 1.25 bits per heavy atom. The summed E-state index contributed by atoms with van der Waals surface area (Å²) in [6.07, 6.45) is 0.622. The number of carboxylic acids is 1. The Kier molecular flexibility index (Phi) is 5.82. The summed E-state index contributed by atoms with van der Waals surface area (Å²) in [6.45, 7) is 3.20. The van der Waals surface area contributed by atoms with Gasteiger partial charge in [-0.3, -0.25) is 4.79 Å². The summed E-state index contributed by atoms with van der Waals surface area (Å²) in [5.41, 5.74) is -1.24. The van der Waals surface area contributed by atoms with E-state index in [1.54, 1.807) is 38.1 Å². The Hall–Kier alpha value is -1.75. The summed E-state index contributed by atoms with van der Waals surface area (Å²) in [5, 5.41) is 12.3. The van der Waals surface area contributed by atoms with Crippen LogP contribution < -0.4 is 10.1 Å². The van der Waals surface area contributed by atoms with Gasteiger partial charge in [0.25, 0.3) is 5.91 Å². The lowest BCUT2D eigenvalue weighted by atomic mass is 9.93. The van der Waals surface area contributed by atoms with Crippen molar-refractivity contribution in [2.75, 3.05) is 6.61 Å². The number of benzene rings is 1. The minimum absolute atomic E-state index is 0.239. The summed E-state index contributed by atoms with van der Waals surface area (Å²) < 4.78 is 5.27. The third-order valence-corrected chi connectivity index (χ3v) is 3.43. The predicted molar refractivity (Wildman–Crippen MR) is 76.0 cm³/mol. The van der Waals surface area contributed by atoms with E-state index >= 15 is 0 Å². The largest absolute Gasteiger partial charge is 0.484 e. The summed E-state index contributed by atoms with van der Waals surface area (Å²) >= 11 is 5.73. The van der Waals surface area contributed by atoms with Gasteiger partial charge in [0.1, 0.15) is 11.3 Å². The van der Waals surface area contributed by atoms with Gasteiger partial charge in [-0.25, -0.2) is 4.79 Å². The number of halogens is 1. The highest BCUT2D eigenvalue weighted by molar-refractivity contribution is 6.30. The van der Waals surface area contributed by atoms with E-state index < -0.39 is 17.4 Å². The van der Waals surface area contributed by atoms with Crippen LogP contribution in [0.15, 0.2) is 24.3 Å². The zero-order chi connectivity index (χ0) is 15.2. The van der Waals surface area contributed by atoms with Crippen molar-refractivity contribution in [2.45, 2.75) is 32.2 Å². The van der Waals surface area contributed by atoms with Gasteiger partial charge in [-0.05, 0) is 37.1 Å². The predicted octanol–water partition coefficient (Wildman–Crippen LogP) is 2.48. The molecule has 1 aromatic carbocycles. The molecule has 0 saturated carbocycles. The lowest BCUT2D eigenvalue weighted by Gasteiger charge is -2.27. The molecule has 0 aliphatic rings. The number of carbonyl (C=O) groups is 2. The van der Waals surface area contributed by atoms with E-state index in [4.69, 9.17) is 16.3 Å². The van der Waals surface area contributed by atoms with E-state index in [0.29, 0.717) is 23.6 Å². The Morgan fingerprint density at radius 2 is 1.80 bits per heavy atom. The number of hydrogen-bond acceptors (Lipinski definition) is 3. The van der Waals surface area contributed by atoms with E-state index in [1.165, 1.54) is 0 Å². The highest BCUT2D eigenvalue weighted by Gasteiger charge is 2.36. The highest BCUT2D eigenvalue weighted by atomic mass is 35.5. The molecule has 0 spiro atoms. The van der Waals surface area contributed by atoms with Gasteiger partial charge < -0.3 is 15.2 Å². The van der Waals surface area contributed by atoms with E-state index in [-0.39, 0.29) is 6.61 Å². The molecule has 0 aliphatic carbocycles. The molecular weight excluding hydrogens is 282 g/mol. The average molecular weight is 300 g/mol. The quantitative estimate of drug-likeness (QED) is 0.811. The maximum atomic E-state index is 11.8. The fourth-order valence-corrected chi connectivity index (χ4v) is 1.89. The van der Waals surface area contributed by atoms with E-state index in [1.807, 2.05) is 0 Å². The van der Waals surface area contributed by atoms with Crippen LogP contribution in [0.3, 0.4) is 0 Å². The maximum Gasteiger partial charge on any atom is 0.329 e. The van der Waals surface area contributed by atoms with Gasteiger partial charge in [0, 0.05) is 5.02 Å². The van der Waals surface area contributed by atoms with Crippen LogP contribution >= 0.6 is 11.6 Å². The van der Waals surface area contributed by atoms with Gasteiger partial charge in [-0.15, -0.1) is 0 Å². The molecule has 0 unspecified atom stereocenters. The van der Waals surface area contributed by atoms with Gasteiger partial charge in [-0.1, -0.05) is 25.4 Å². The first-order valence-electron chi connectivity index (χ1n) is 6.36. The molecule has 0 aliphatic heterocycles. The molecular formula is C14H18ClNO4. The standard InChI is InChI=1S/C14H18ClNO4/c1-3-14(4-2,13(18)19)16-12(17)9-20-11-7-5-10(15)6-8-11/h5-8H,3-4,9H2,1-2H3,(H,16,17)(H,18,19). The molecule has 20 heavy (non-hydrogen) atoms. The topological polar surface area (TPSA) is 75.6 Å². The zero-order valence-electron chi connectivity index (χ0n) is 11.5. The second-order valence-electron chi connectivity index (χ2n) is 4.39. The molecule has 1 amide bonds. The molecule has 1 rings (SSSR count). The van der Waals surface area contributed by atoms with Gasteiger partial charge in [0.05, 0.1) is 0 Å². The summed E-state index contributed by atoms with van der Waals surface area (Å²) in [4.78, 5) is 23.1. The zero-order valence-corrected chi connectivity index (χ0v) is 12.2. The van der Waals surface area contributed by atoms with E-state index in [9.17, 15) is 14.7 Å². The molecule has 0 radical (unpaired) electrons. The molecule has 5 nitrogen and oxygen atoms in total. The number of rotatable bonds is 7. The first-order chi connectivity index (χ1) is 9.43. The van der Waals surface area contributed by atoms with Crippen molar-refractivity contribution >= 4 is 23.5 Å². The number of aliphatic carboxylic acids is 1. The van der Waals surface area contributed by atoms with Crippen LogP contribution in [0.5, 0.6) is 5.75 Å². The van der Waals surface area contributed by atoms with Gasteiger partial charge in [-0.2, -0.15) is 0 Å². The monoisotopic (exact) mass is 299 g/mol. The Balaban J connectivity index is 2.58. The molecule has 110 valence electrons. The average Bonchev–Trinajstić information content (AvgIpc) is 2.44. The van der Waals surface area contributed by atoms with Crippen LogP contribution in [0, 0.1) is 0 Å². The van der Waals surface area contributed by atoms with Crippen molar-refractivity contribution in [2.24, 2.45) is 0 Å². The van der Waals surface area contributed by atoms with Gasteiger partial charge in [0.15, 0.2) is 6.61 Å². The number of nitrogens with one attached hydrogen (secondary N) is 1. The van der Waals surface area contributed by atoms with Crippen molar-refractivity contribution in [3.63, 3.8) is 0 Å². The number of carboxylic acid groups (broad SMARTS) is 1. The number of carbonyl (C=O) groups excluding carboxylic acids is 1. The summed E-state index contributed by atoms with van der Waals surface area (Å²) in [6, 6.07) is 6.57. The summed E-state index contributed by atoms with van der Waals surface area (Å²) in [5.74, 6) is -1.01. The summed E-state index contributed by atoms with van der Waals surface area (Å²) in [7, 11) is 0. The van der Waals surface area contributed by atoms with Crippen LogP contribution in [0.1, 0.15) is 26.7 Å². The second kappa shape index (κ2) is 7.14. The first-order valence-corrected chi connectivity index (χ1v) is 6.74. The van der Waals surface area contributed by atoms with Gasteiger partial charge >= 0.3 is 5.97 Å². The lowest BCUT2D eigenvalue weighted by molar-refractivity contribution is -0.148. The molecule has 0 atom stereocenters. The Bertz CT molecular complexity index is 469. The number of amides is 1. The molecule has 1 aromatic rings. The van der Waals surface area contributed by atoms with Crippen LogP contribution in [0.2, 0.25) is 5.02 Å². The first kappa shape index (κ1) is 16.3. The molecule has 6 heteroatoms. The minimum Gasteiger partial charge on any atom is -0.484 e. The van der Waals surface area contributed by atoms with E-state index in [2.05, 4.69) is 5.32 Å². The fourth-order valence-electron chi connectivity index (χ4n) is 1.77. The van der Waals surface area contributed by atoms with Gasteiger partial charge in [0.2, 0.25) is 0 Å². The third-order valence-electron chi connectivity index (χ3n) is 3.18. The van der Waals surface area contributed by atoms with Crippen molar-refractivity contribution in [1.82, 2.24) is 5.32 Å². The van der Waals surface area contributed by atoms with Crippen molar-refractivity contribution in [1.29, 1.82) is 0 Å². The fraction of sp³-hybridized carbons (Fsp3) is 0.429. The molecule has 0 bridgehead atoms. The molecule has 0 saturated heterocycles. The van der Waals surface area contributed by atoms with Crippen molar-refractivity contribution < 1.29 is 19.4 Å². The SMILES string of the molecule is CCC(CC)(NC(=O)COc1ccc(Cl)cc1)C(=O)O. The number of hydrogen-bond donors (Lipinski definition) is 2.